The van der Waals surface area contributed by atoms with Gasteiger partial charge in [0.1, 0.15) is 0 Å². The molecule has 0 saturated heterocycles. The topological polar surface area (TPSA) is 46.3 Å². The number of carbonyl (C=O) groups excluding carboxylic acids is 1. The van der Waals surface area contributed by atoms with E-state index in [4.69, 9.17) is 5.73 Å². The van der Waals surface area contributed by atoms with Crippen molar-refractivity contribution in [2.45, 2.75) is 65.7 Å². The zero-order chi connectivity index (χ0) is 17.4. The maximum Gasteiger partial charge on any atom is 0.248 e. The highest BCUT2D eigenvalue weighted by molar-refractivity contribution is 5.94. The number of nitrogens with two attached hydrogens (primary N) is 1. The molecular weight excluding hydrogens is 284 g/mol. The molecule has 0 aliphatic rings. The van der Waals surface area contributed by atoms with E-state index in [1.165, 1.54) is 36.9 Å². The van der Waals surface area contributed by atoms with Crippen molar-refractivity contribution >= 4 is 11.6 Å². The van der Waals surface area contributed by atoms with Gasteiger partial charge in [0.05, 0.1) is 0 Å². The first-order valence-electron chi connectivity index (χ1n) is 9.14. The fourth-order valence-electron chi connectivity index (χ4n) is 3.61. The van der Waals surface area contributed by atoms with Crippen molar-refractivity contribution < 1.29 is 4.79 Å². The van der Waals surface area contributed by atoms with Crippen LogP contribution in [0.25, 0.3) is 0 Å². The summed E-state index contributed by atoms with van der Waals surface area (Å²) in [6.45, 7) is 9.98. The summed E-state index contributed by atoms with van der Waals surface area (Å²) < 4.78 is 0. The second-order valence-corrected chi connectivity index (χ2v) is 6.53. The zero-order valence-electron chi connectivity index (χ0n) is 15.6. The number of amides is 1. The van der Waals surface area contributed by atoms with Crippen molar-refractivity contribution in [3.63, 3.8) is 0 Å². The fraction of sp³-hybridized carbons (Fsp3) is 0.650. The molecule has 1 atom stereocenters. The van der Waals surface area contributed by atoms with Crippen LogP contribution in [0.2, 0.25) is 0 Å². The van der Waals surface area contributed by atoms with E-state index in [2.05, 4.69) is 45.7 Å². The number of hydrogen-bond donors (Lipinski definition) is 1. The Morgan fingerprint density at radius 1 is 1.13 bits per heavy atom. The average Bonchev–Trinajstić information content (AvgIpc) is 2.54. The largest absolute Gasteiger partial charge is 0.374 e. The number of benzene rings is 1. The smallest absolute Gasteiger partial charge is 0.248 e. The van der Waals surface area contributed by atoms with E-state index in [-0.39, 0.29) is 5.91 Å². The van der Waals surface area contributed by atoms with E-state index >= 15 is 0 Å². The molecule has 0 bridgehead atoms. The first-order chi connectivity index (χ1) is 11.0. The lowest BCUT2D eigenvalue weighted by molar-refractivity contribution is 0.100. The van der Waals surface area contributed by atoms with Crippen molar-refractivity contribution in [2.24, 2.45) is 11.7 Å². The van der Waals surface area contributed by atoms with Crippen LogP contribution in [0.3, 0.4) is 0 Å². The summed E-state index contributed by atoms with van der Waals surface area (Å²) in [6, 6.07) is 6.02. The molecule has 0 heterocycles. The van der Waals surface area contributed by atoms with E-state index in [0.717, 1.165) is 13.0 Å². The Morgan fingerprint density at radius 3 is 2.26 bits per heavy atom. The summed E-state index contributed by atoms with van der Waals surface area (Å²) in [6.07, 6.45) is 5.83. The van der Waals surface area contributed by atoms with Crippen molar-refractivity contribution in [3.05, 3.63) is 29.3 Å². The second-order valence-electron chi connectivity index (χ2n) is 6.53. The standard InChI is InChI=1S/C20H34N2O/c1-6-10-17(15(8-3)9-4)18-12-11-16(20(21)23)14-19(18)22(5)13-7-2/h11-12,14-15,17H,6-10,13H2,1-5H3,(H2,21,23). The Morgan fingerprint density at radius 2 is 1.78 bits per heavy atom. The van der Waals surface area contributed by atoms with Gasteiger partial charge in [0.2, 0.25) is 5.91 Å². The Hall–Kier alpha value is -1.51. The van der Waals surface area contributed by atoms with E-state index < -0.39 is 0 Å². The van der Waals surface area contributed by atoms with Crippen molar-refractivity contribution in [1.82, 2.24) is 0 Å². The Bertz CT molecular complexity index is 494. The maximum atomic E-state index is 11.6. The number of nitrogens with zero attached hydrogens (tertiary/aromatic N) is 1. The molecule has 1 aromatic rings. The van der Waals surface area contributed by atoms with E-state index in [1.54, 1.807) is 0 Å². The molecule has 3 heteroatoms. The molecule has 0 radical (unpaired) electrons. The highest BCUT2D eigenvalue weighted by Crippen LogP contribution is 2.39. The van der Waals surface area contributed by atoms with Gasteiger partial charge in [-0.15, -0.1) is 0 Å². The lowest BCUT2D eigenvalue weighted by Crippen LogP contribution is -2.23. The summed E-state index contributed by atoms with van der Waals surface area (Å²) in [5.41, 5.74) is 8.65. The van der Waals surface area contributed by atoms with Gasteiger partial charge >= 0.3 is 0 Å². The molecule has 1 amide bonds. The first kappa shape index (κ1) is 19.5. The molecule has 1 aromatic carbocycles. The Balaban J connectivity index is 3.36. The van der Waals surface area contributed by atoms with Crippen LogP contribution >= 0.6 is 0 Å². The van der Waals surface area contributed by atoms with Gasteiger partial charge in [-0.05, 0) is 42.4 Å². The molecule has 0 aliphatic carbocycles. The first-order valence-corrected chi connectivity index (χ1v) is 9.14. The maximum absolute atomic E-state index is 11.6. The highest BCUT2D eigenvalue weighted by atomic mass is 16.1. The Kier molecular flexibility index (Phi) is 8.15. The summed E-state index contributed by atoms with van der Waals surface area (Å²) >= 11 is 0. The van der Waals surface area contributed by atoms with Gasteiger partial charge in [-0.1, -0.05) is 53.0 Å². The average molecular weight is 319 g/mol. The normalized spacial score (nSPS) is 12.4. The van der Waals surface area contributed by atoms with Crippen molar-refractivity contribution in [1.29, 1.82) is 0 Å². The predicted molar refractivity (Wildman–Crippen MR) is 100 cm³/mol. The summed E-state index contributed by atoms with van der Waals surface area (Å²) in [4.78, 5) is 13.9. The molecule has 130 valence electrons. The van der Waals surface area contributed by atoms with Crippen molar-refractivity contribution in [3.8, 4) is 0 Å². The van der Waals surface area contributed by atoms with Crippen LogP contribution in [0, 0.1) is 5.92 Å². The number of anilines is 1. The van der Waals surface area contributed by atoms with Crippen LogP contribution in [0.15, 0.2) is 18.2 Å². The molecule has 1 rings (SSSR count). The summed E-state index contributed by atoms with van der Waals surface area (Å²) in [5, 5.41) is 0. The van der Waals surface area contributed by atoms with Gasteiger partial charge in [0.15, 0.2) is 0 Å². The quantitative estimate of drug-likeness (QED) is 0.663. The molecule has 1 unspecified atom stereocenters. The third-order valence-corrected chi connectivity index (χ3v) is 4.90. The van der Waals surface area contributed by atoms with Crippen LogP contribution in [-0.4, -0.2) is 19.5 Å². The Labute approximate surface area is 142 Å². The SMILES string of the molecule is CCCC(c1ccc(C(N)=O)cc1N(C)CCC)C(CC)CC. The third kappa shape index (κ3) is 4.98. The molecular formula is C20H34N2O. The molecule has 0 spiro atoms. The second kappa shape index (κ2) is 9.59. The molecule has 23 heavy (non-hydrogen) atoms. The van der Waals surface area contributed by atoms with Crippen molar-refractivity contribution in [2.75, 3.05) is 18.5 Å². The van der Waals surface area contributed by atoms with Gasteiger partial charge in [-0.2, -0.15) is 0 Å². The number of carbonyl (C=O) groups is 1. The molecule has 0 saturated carbocycles. The lowest BCUT2D eigenvalue weighted by Gasteiger charge is -2.31. The highest BCUT2D eigenvalue weighted by Gasteiger charge is 2.24. The molecule has 0 aromatic heterocycles. The minimum atomic E-state index is -0.350. The molecule has 0 aliphatic heterocycles. The van der Waals surface area contributed by atoms with Crippen LogP contribution in [0.1, 0.15) is 81.6 Å². The number of primary amides is 1. The van der Waals surface area contributed by atoms with Gasteiger partial charge in [-0.3, -0.25) is 4.79 Å². The minimum absolute atomic E-state index is 0.350. The minimum Gasteiger partial charge on any atom is -0.374 e. The fourth-order valence-corrected chi connectivity index (χ4v) is 3.61. The molecule has 0 fully saturated rings. The monoisotopic (exact) mass is 318 g/mol. The molecule has 3 nitrogen and oxygen atoms in total. The van der Waals surface area contributed by atoms with Crippen LogP contribution in [0.4, 0.5) is 5.69 Å². The number of rotatable bonds is 10. The summed E-state index contributed by atoms with van der Waals surface area (Å²) in [7, 11) is 2.11. The van der Waals surface area contributed by atoms with Gasteiger partial charge in [-0.25, -0.2) is 0 Å². The van der Waals surface area contributed by atoms with Crippen LogP contribution in [-0.2, 0) is 0 Å². The zero-order valence-corrected chi connectivity index (χ0v) is 15.6. The van der Waals surface area contributed by atoms with Crippen LogP contribution < -0.4 is 10.6 Å². The predicted octanol–water partition coefficient (Wildman–Crippen LogP) is 4.95. The van der Waals surface area contributed by atoms with Gasteiger partial charge < -0.3 is 10.6 Å². The van der Waals surface area contributed by atoms with E-state index in [9.17, 15) is 4.79 Å². The van der Waals surface area contributed by atoms with E-state index in [1.807, 2.05) is 12.1 Å². The number of hydrogen-bond acceptors (Lipinski definition) is 2. The van der Waals surface area contributed by atoms with E-state index in [0.29, 0.717) is 17.4 Å². The lowest BCUT2D eigenvalue weighted by atomic mass is 9.79. The molecule has 2 N–H and O–H groups in total. The third-order valence-electron chi connectivity index (χ3n) is 4.90. The van der Waals surface area contributed by atoms with Gasteiger partial charge in [0.25, 0.3) is 0 Å². The van der Waals surface area contributed by atoms with Gasteiger partial charge in [0, 0.05) is 24.8 Å². The summed E-state index contributed by atoms with van der Waals surface area (Å²) in [5.74, 6) is 0.881. The van der Waals surface area contributed by atoms with Crippen LogP contribution in [0.5, 0.6) is 0 Å².